The van der Waals surface area contributed by atoms with Gasteiger partial charge >= 0.3 is 0 Å². The van der Waals surface area contributed by atoms with Crippen LogP contribution < -0.4 is 15.5 Å². The number of hydrogen-bond acceptors (Lipinski definition) is 8. The average Bonchev–Trinajstić information content (AvgIpc) is 3.15. The van der Waals surface area contributed by atoms with Crippen LogP contribution in [-0.2, 0) is 16.4 Å². The number of sulfone groups is 1. The van der Waals surface area contributed by atoms with Gasteiger partial charge < -0.3 is 24.9 Å². The second-order valence-electron chi connectivity index (χ2n) is 6.71. The van der Waals surface area contributed by atoms with E-state index in [0.717, 1.165) is 11.6 Å². The molecule has 0 saturated heterocycles. The van der Waals surface area contributed by atoms with Gasteiger partial charge in [-0.2, -0.15) is 5.26 Å². The maximum absolute atomic E-state index is 12.8. The number of nitriles is 1. The summed E-state index contributed by atoms with van der Waals surface area (Å²) < 4.78 is 31.4. The first kappa shape index (κ1) is 22.3. The topological polar surface area (TPSA) is 102 Å². The number of benzene rings is 1. The fraction of sp³-hybridized carbons (Fsp3) is 0.350. The Hall–Kier alpha value is -2.96. The molecule has 1 aromatic heterocycles. The van der Waals surface area contributed by atoms with E-state index in [-0.39, 0.29) is 15.6 Å². The minimum Gasteiger partial charge on any atom is -0.444 e. The molecule has 0 radical (unpaired) electrons. The van der Waals surface area contributed by atoms with E-state index in [1.807, 2.05) is 49.1 Å². The standard InChI is InChI=1S/C20H27N5O3S/c1-22-20(18(14-21)29(26,27)17-8-6-5-7-9-17)23-12-13-25(4)19-11-10-16(28-19)15-24(2)3/h5-11,22-23H,12-13,15H2,1-4H3. The third-order valence-electron chi connectivity index (χ3n) is 4.15. The molecule has 0 aliphatic carbocycles. The molecular weight excluding hydrogens is 390 g/mol. The van der Waals surface area contributed by atoms with Gasteiger partial charge in [-0.15, -0.1) is 0 Å². The van der Waals surface area contributed by atoms with Crippen LogP contribution in [0.15, 0.2) is 62.5 Å². The summed E-state index contributed by atoms with van der Waals surface area (Å²) in [5, 5.41) is 15.3. The van der Waals surface area contributed by atoms with Crippen LogP contribution in [0.2, 0.25) is 0 Å². The van der Waals surface area contributed by atoms with E-state index in [1.165, 1.54) is 12.1 Å². The van der Waals surface area contributed by atoms with Crippen molar-refractivity contribution < 1.29 is 12.8 Å². The fourth-order valence-electron chi connectivity index (χ4n) is 2.68. The third-order valence-corrected chi connectivity index (χ3v) is 5.87. The van der Waals surface area contributed by atoms with E-state index in [0.29, 0.717) is 19.6 Å². The lowest BCUT2D eigenvalue weighted by Gasteiger charge is -2.18. The Morgan fingerprint density at radius 1 is 1.14 bits per heavy atom. The number of allylic oxidation sites excluding steroid dienone is 1. The van der Waals surface area contributed by atoms with Crippen molar-refractivity contribution in [2.75, 3.05) is 46.2 Å². The van der Waals surface area contributed by atoms with Gasteiger partial charge in [0.1, 0.15) is 17.7 Å². The maximum Gasteiger partial charge on any atom is 0.220 e. The molecule has 0 saturated carbocycles. The monoisotopic (exact) mass is 417 g/mol. The predicted molar refractivity (Wildman–Crippen MR) is 113 cm³/mol. The summed E-state index contributed by atoms with van der Waals surface area (Å²) in [6.45, 7) is 1.66. The van der Waals surface area contributed by atoms with Gasteiger partial charge in [0, 0.05) is 33.3 Å². The largest absolute Gasteiger partial charge is 0.444 e. The molecule has 1 heterocycles. The molecule has 0 amide bonds. The molecule has 0 aliphatic rings. The van der Waals surface area contributed by atoms with Crippen molar-refractivity contribution in [2.24, 2.45) is 0 Å². The van der Waals surface area contributed by atoms with Crippen molar-refractivity contribution in [3.05, 3.63) is 59.0 Å². The van der Waals surface area contributed by atoms with E-state index >= 15 is 0 Å². The summed E-state index contributed by atoms with van der Waals surface area (Å²) in [6.07, 6.45) is 0. The number of nitrogens with zero attached hydrogens (tertiary/aromatic N) is 3. The van der Waals surface area contributed by atoms with Crippen LogP contribution in [0.4, 0.5) is 5.88 Å². The SMILES string of the molecule is CNC(NCCN(C)c1ccc(CN(C)C)o1)=C(C#N)S(=O)(=O)c1ccccc1. The minimum atomic E-state index is -3.92. The van der Waals surface area contributed by atoms with Crippen LogP contribution in [0, 0.1) is 11.3 Å². The number of furan rings is 1. The number of rotatable bonds is 10. The quantitative estimate of drug-likeness (QED) is 0.564. The zero-order valence-corrected chi connectivity index (χ0v) is 18.0. The molecule has 0 atom stereocenters. The molecule has 0 unspecified atom stereocenters. The van der Waals surface area contributed by atoms with Crippen molar-refractivity contribution in [1.82, 2.24) is 15.5 Å². The minimum absolute atomic E-state index is 0.0761. The molecule has 0 fully saturated rings. The number of likely N-dealkylation sites (N-methyl/N-ethyl adjacent to an activating group) is 1. The van der Waals surface area contributed by atoms with E-state index in [2.05, 4.69) is 10.6 Å². The van der Waals surface area contributed by atoms with Crippen LogP contribution in [0.5, 0.6) is 0 Å². The normalized spacial score (nSPS) is 12.3. The molecule has 2 rings (SSSR count). The maximum atomic E-state index is 12.8. The van der Waals surface area contributed by atoms with Crippen LogP contribution in [0.1, 0.15) is 5.76 Å². The molecule has 0 bridgehead atoms. The Morgan fingerprint density at radius 3 is 2.41 bits per heavy atom. The lowest BCUT2D eigenvalue weighted by Crippen LogP contribution is -2.34. The first-order valence-electron chi connectivity index (χ1n) is 9.10. The summed E-state index contributed by atoms with van der Waals surface area (Å²) >= 11 is 0. The van der Waals surface area contributed by atoms with Crippen LogP contribution in [-0.4, -0.2) is 54.6 Å². The predicted octanol–water partition coefficient (Wildman–Crippen LogP) is 1.75. The highest BCUT2D eigenvalue weighted by Crippen LogP contribution is 2.20. The summed E-state index contributed by atoms with van der Waals surface area (Å²) in [7, 11) is 3.48. The molecular formula is C20H27N5O3S. The lowest BCUT2D eigenvalue weighted by atomic mass is 10.4. The number of anilines is 1. The van der Waals surface area contributed by atoms with Gasteiger partial charge in [0.2, 0.25) is 9.84 Å². The highest BCUT2D eigenvalue weighted by Gasteiger charge is 2.24. The fourth-order valence-corrected chi connectivity index (χ4v) is 3.99. The molecule has 9 heteroatoms. The van der Waals surface area contributed by atoms with E-state index in [4.69, 9.17) is 4.42 Å². The third kappa shape index (κ3) is 5.76. The number of nitrogens with one attached hydrogen (secondary N) is 2. The van der Waals surface area contributed by atoms with Crippen molar-refractivity contribution in [1.29, 1.82) is 5.26 Å². The van der Waals surface area contributed by atoms with Crippen LogP contribution >= 0.6 is 0 Å². The highest BCUT2D eigenvalue weighted by atomic mass is 32.2. The van der Waals surface area contributed by atoms with E-state index in [9.17, 15) is 13.7 Å². The van der Waals surface area contributed by atoms with Gasteiger partial charge in [-0.25, -0.2) is 8.42 Å². The first-order valence-corrected chi connectivity index (χ1v) is 10.6. The first-order chi connectivity index (χ1) is 13.8. The summed E-state index contributed by atoms with van der Waals surface area (Å²) in [5.41, 5.74) is 0. The smallest absolute Gasteiger partial charge is 0.220 e. The Labute approximate surface area is 172 Å². The van der Waals surface area contributed by atoms with Gasteiger partial charge in [0.15, 0.2) is 10.8 Å². The lowest BCUT2D eigenvalue weighted by molar-refractivity contribution is 0.351. The van der Waals surface area contributed by atoms with Crippen molar-refractivity contribution >= 4 is 15.7 Å². The molecule has 29 heavy (non-hydrogen) atoms. The second-order valence-corrected chi connectivity index (χ2v) is 8.60. The summed E-state index contributed by atoms with van der Waals surface area (Å²) in [6, 6.07) is 13.5. The second kappa shape index (κ2) is 10.0. The molecule has 156 valence electrons. The van der Waals surface area contributed by atoms with Crippen LogP contribution in [0.25, 0.3) is 0 Å². The molecule has 0 spiro atoms. The van der Waals surface area contributed by atoms with Crippen molar-refractivity contribution in [3.63, 3.8) is 0 Å². The Bertz CT molecular complexity index is 975. The Morgan fingerprint density at radius 2 is 1.83 bits per heavy atom. The highest BCUT2D eigenvalue weighted by molar-refractivity contribution is 7.95. The van der Waals surface area contributed by atoms with Crippen molar-refractivity contribution in [2.45, 2.75) is 11.4 Å². The molecule has 8 nitrogen and oxygen atoms in total. The summed E-state index contributed by atoms with van der Waals surface area (Å²) in [5.74, 6) is 1.75. The molecule has 2 N–H and O–H groups in total. The van der Waals surface area contributed by atoms with E-state index in [1.54, 1.807) is 25.2 Å². The summed E-state index contributed by atoms with van der Waals surface area (Å²) in [4.78, 5) is 3.66. The van der Waals surface area contributed by atoms with Gasteiger partial charge in [0.25, 0.3) is 0 Å². The van der Waals surface area contributed by atoms with Crippen molar-refractivity contribution in [3.8, 4) is 6.07 Å². The van der Waals surface area contributed by atoms with Crippen LogP contribution in [0.3, 0.4) is 0 Å². The molecule has 1 aromatic carbocycles. The molecule has 0 aliphatic heterocycles. The van der Waals surface area contributed by atoms with E-state index < -0.39 is 9.84 Å². The Balaban J connectivity index is 2.08. The van der Waals surface area contributed by atoms with Gasteiger partial charge in [-0.3, -0.25) is 0 Å². The zero-order chi connectivity index (χ0) is 21.4. The Kier molecular flexibility index (Phi) is 7.70. The average molecular weight is 418 g/mol. The zero-order valence-electron chi connectivity index (χ0n) is 17.1. The van der Waals surface area contributed by atoms with Gasteiger partial charge in [0.05, 0.1) is 11.4 Å². The van der Waals surface area contributed by atoms with Gasteiger partial charge in [-0.05, 0) is 32.3 Å². The molecule has 2 aromatic rings. The number of hydrogen-bond donors (Lipinski definition) is 2. The van der Waals surface area contributed by atoms with Gasteiger partial charge in [-0.1, -0.05) is 18.2 Å².